The van der Waals surface area contributed by atoms with E-state index in [-0.39, 0.29) is 0 Å². The van der Waals surface area contributed by atoms with Gasteiger partial charge < -0.3 is 14.2 Å². The highest BCUT2D eigenvalue weighted by atomic mass is 16.5. The molecule has 0 heterocycles. The number of carbonyl (C=O) groups is 2. The molecule has 0 saturated carbocycles. The van der Waals surface area contributed by atoms with Crippen LogP contribution in [-0.4, -0.2) is 25.7 Å². The zero-order chi connectivity index (χ0) is 22.1. The number of ether oxygens (including phenoxy) is 3. The first-order valence-corrected chi connectivity index (χ1v) is 10.7. The highest BCUT2D eigenvalue weighted by molar-refractivity contribution is 6.07. The van der Waals surface area contributed by atoms with Crippen LogP contribution in [0, 0.1) is 0 Å². The number of methoxy groups -OCH3 is 1. The molecule has 0 atom stereocenters. The minimum absolute atomic E-state index is 0.356. The molecule has 0 aliphatic rings. The third kappa shape index (κ3) is 5.85. The number of benzene rings is 3. The van der Waals surface area contributed by atoms with E-state index >= 15 is 0 Å². The largest absolute Gasteiger partial charge is 0.493 e. The summed E-state index contributed by atoms with van der Waals surface area (Å²) in [5.74, 6) is 0.220. The Balaban J connectivity index is 1.72. The number of esters is 2. The zero-order valence-electron chi connectivity index (χ0n) is 18.1. The van der Waals surface area contributed by atoms with Crippen molar-refractivity contribution in [2.45, 2.75) is 39.0 Å². The van der Waals surface area contributed by atoms with Gasteiger partial charge in [0.25, 0.3) is 0 Å². The smallest absolute Gasteiger partial charge is 0.344 e. The Bertz CT molecular complexity index is 1020. The first-order valence-electron chi connectivity index (χ1n) is 10.7. The first kappa shape index (κ1) is 22.3. The fourth-order valence-corrected chi connectivity index (χ4v) is 3.40. The lowest BCUT2D eigenvalue weighted by Gasteiger charge is -2.12. The van der Waals surface area contributed by atoms with Gasteiger partial charge in [0.2, 0.25) is 0 Å². The Morgan fingerprint density at radius 1 is 0.774 bits per heavy atom. The summed E-state index contributed by atoms with van der Waals surface area (Å²) in [6, 6.07) is 17.5. The van der Waals surface area contributed by atoms with E-state index in [1.807, 2.05) is 30.3 Å². The van der Waals surface area contributed by atoms with E-state index in [2.05, 4.69) is 11.7 Å². The van der Waals surface area contributed by atoms with Crippen molar-refractivity contribution < 1.29 is 23.8 Å². The van der Waals surface area contributed by atoms with Gasteiger partial charge in [-0.25, -0.2) is 9.59 Å². The molecule has 0 fully saturated rings. The molecular weight excluding hydrogens is 392 g/mol. The maximum absolute atomic E-state index is 12.8. The Morgan fingerprint density at radius 3 is 2.19 bits per heavy atom. The van der Waals surface area contributed by atoms with E-state index in [1.54, 1.807) is 30.3 Å². The second-order valence-electron chi connectivity index (χ2n) is 7.32. The number of carbonyl (C=O) groups excluding carboxylic acids is 2. The van der Waals surface area contributed by atoms with Gasteiger partial charge in [-0.15, -0.1) is 0 Å². The van der Waals surface area contributed by atoms with Crippen LogP contribution in [0.1, 0.15) is 59.7 Å². The van der Waals surface area contributed by atoms with Crippen LogP contribution in [0.15, 0.2) is 60.7 Å². The van der Waals surface area contributed by atoms with Crippen molar-refractivity contribution in [2.75, 3.05) is 13.7 Å². The van der Waals surface area contributed by atoms with E-state index in [1.165, 1.54) is 26.4 Å². The van der Waals surface area contributed by atoms with Gasteiger partial charge in [0.05, 0.1) is 24.8 Å². The molecule has 31 heavy (non-hydrogen) atoms. The van der Waals surface area contributed by atoms with Gasteiger partial charge in [0.1, 0.15) is 11.5 Å². The maximum Gasteiger partial charge on any atom is 0.344 e. The predicted molar refractivity (Wildman–Crippen MR) is 121 cm³/mol. The summed E-state index contributed by atoms with van der Waals surface area (Å²) in [5, 5.41) is 1.66. The molecule has 0 amide bonds. The van der Waals surface area contributed by atoms with Gasteiger partial charge in [0, 0.05) is 5.39 Å². The van der Waals surface area contributed by atoms with Crippen molar-refractivity contribution >= 4 is 22.7 Å². The highest BCUT2D eigenvalue weighted by Gasteiger charge is 2.15. The Labute approximate surface area is 182 Å². The first-order chi connectivity index (χ1) is 15.1. The fraction of sp³-hybridized carbons (Fsp3) is 0.308. The normalized spacial score (nSPS) is 10.6. The van der Waals surface area contributed by atoms with Crippen LogP contribution in [0.4, 0.5) is 0 Å². The van der Waals surface area contributed by atoms with Gasteiger partial charge in [-0.3, -0.25) is 0 Å². The minimum Gasteiger partial charge on any atom is -0.493 e. The SMILES string of the molecule is CCCCCCCOc1ccc(C(=O)Oc2ccc(C(=O)OC)cc2)c2ccccc12. The van der Waals surface area contributed by atoms with E-state index in [0.717, 1.165) is 29.4 Å². The molecule has 3 aromatic rings. The average Bonchev–Trinajstić information content (AvgIpc) is 2.81. The van der Waals surface area contributed by atoms with Crippen LogP contribution in [-0.2, 0) is 4.74 Å². The number of unbranched alkanes of at least 4 members (excludes halogenated alkanes) is 4. The van der Waals surface area contributed by atoms with Crippen molar-refractivity contribution in [3.8, 4) is 11.5 Å². The molecule has 0 radical (unpaired) electrons. The molecule has 0 aromatic heterocycles. The average molecular weight is 421 g/mol. The third-order valence-corrected chi connectivity index (χ3v) is 5.10. The number of hydrogen-bond donors (Lipinski definition) is 0. The van der Waals surface area contributed by atoms with Crippen LogP contribution in [0.25, 0.3) is 10.8 Å². The highest BCUT2D eigenvalue weighted by Crippen LogP contribution is 2.29. The summed E-state index contributed by atoms with van der Waals surface area (Å²) in [6.45, 7) is 2.86. The van der Waals surface area contributed by atoms with Gasteiger partial charge in [0.15, 0.2) is 0 Å². The van der Waals surface area contributed by atoms with Gasteiger partial charge in [-0.1, -0.05) is 56.9 Å². The standard InChI is InChI=1S/C26H28O5/c1-3-4-5-6-9-18-30-24-17-16-23(21-10-7-8-11-22(21)24)26(28)31-20-14-12-19(13-15-20)25(27)29-2/h7-8,10-17H,3-6,9,18H2,1-2H3. The number of fused-ring (bicyclic) bond motifs is 1. The molecule has 3 rings (SSSR count). The number of rotatable bonds is 10. The number of hydrogen-bond acceptors (Lipinski definition) is 5. The van der Waals surface area contributed by atoms with Crippen LogP contribution in [0.5, 0.6) is 11.5 Å². The lowest BCUT2D eigenvalue weighted by Crippen LogP contribution is -2.10. The van der Waals surface area contributed by atoms with Crippen molar-refractivity contribution in [1.29, 1.82) is 0 Å². The van der Waals surface area contributed by atoms with Crippen LogP contribution >= 0.6 is 0 Å². The summed E-state index contributed by atoms with van der Waals surface area (Å²) in [5.41, 5.74) is 0.854. The monoisotopic (exact) mass is 420 g/mol. The molecule has 0 spiro atoms. The van der Waals surface area contributed by atoms with Gasteiger partial charge >= 0.3 is 11.9 Å². The topological polar surface area (TPSA) is 61.8 Å². The Hall–Kier alpha value is -3.34. The zero-order valence-corrected chi connectivity index (χ0v) is 18.1. The molecule has 162 valence electrons. The molecule has 0 aliphatic carbocycles. The predicted octanol–water partition coefficient (Wildman–Crippen LogP) is 6.19. The second kappa shape index (κ2) is 11.2. The van der Waals surface area contributed by atoms with Crippen LogP contribution in [0.2, 0.25) is 0 Å². The summed E-state index contributed by atoms with van der Waals surface area (Å²) in [7, 11) is 1.32. The van der Waals surface area contributed by atoms with Gasteiger partial charge in [-0.2, -0.15) is 0 Å². The van der Waals surface area contributed by atoms with Crippen molar-refractivity contribution in [3.05, 3.63) is 71.8 Å². The Morgan fingerprint density at radius 2 is 1.48 bits per heavy atom. The van der Waals surface area contributed by atoms with Crippen molar-refractivity contribution in [3.63, 3.8) is 0 Å². The van der Waals surface area contributed by atoms with Gasteiger partial charge in [-0.05, 0) is 48.2 Å². The fourth-order valence-electron chi connectivity index (χ4n) is 3.40. The quantitative estimate of drug-likeness (QED) is 0.222. The summed E-state index contributed by atoms with van der Waals surface area (Å²) >= 11 is 0. The van der Waals surface area contributed by atoms with Crippen LogP contribution in [0.3, 0.4) is 0 Å². The molecule has 5 nitrogen and oxygen atoms in total. The molecule has 0 N–H and O–H groups in total. The second-order valence-corrected chi connectivity index (χ2v) is 7.32. The third-order valence-electron chi connectivity index (χ3n) is 5.10. The summed E-state index contributed by atoms with van der Waals surface area (Å²) in [4.78, 5) is 24.4. The van der Waals surface area contributed by atoms with E-state index in [9.17, 15) is 9.59 Å². The molecule has 0 saturated heterocycles. The summed E-state index contributed by atoms with van der Waals surface area (Å²) < 4.78 is 16.2. The van der Waals surface area contributed by atoms with E-state index in [0.29, 0.717) is 23.5 Å². The molecule has 0 aliphatic heterocycles. The van der Waals surface area contributed by atoms with Crippen LogP contribution < -0.4 is 9.47 Å². The molecule has 0 unspecified atom stereocenters. The van der Waals surface area contributed by atoms with E-state index < -0.39 is 11.9 Å². The molecule has 5 heteroatoms. The molecular formula is C26H28O5. The van der Waals surface area contributed by atoms with Crippen molar-refractivity contribution in [2.24, 2.45) is 0 Å². The lowest BCUT2D eigenvalue weighted by atomic mass is 10.0. The Kier molecular flexibility index (Phi) is 8.05. The summed E-state index contributed by atoms with van der Waals surface area (Å²) in [6.07, 6.45) is 5.88. The molecule has 0 bridgehead atoms. The molecule has 3 aromatic carbocycles. The van der Waals surface area contributed by atoms with E-state index in [4.69, 9.17) is 9.47 Å². The lowest BCUT2D eigenvalue weighted by molar-refractivity contribution is 0.0600. The van der Waals surface area contributed by atoms with Crippen molar-refractivity contribution in [1.82, 2.24) is 0 Å². The maximum atomic E-state index is 12.8. The minimum atomic E-state index is -0.465.